The zero-order valence-corrected chi connectivity index (χ0v) is 20.3. The molecule has 1 amide bonds. The van der Waals surface area contributed by atoms with Crippen LogP contribution in [0.4, 0.5) is 43.4 Å². The first kappa shape index (κ1) is 27.4. The summed E-state index contributed by atoms with van der Waals surface area (Å²) in [5.74, 6) is -0.366. The molecule has 1 heterocycles. The molecule has 36 heavy (non-hydrogen) atoms. The number of halogens is 6. The number of unbranched alkanes of at least 4 members (excludes halogenated alkanes) is 1. The third-order valence-corrected chi connectivity index (χ3v) is 5.93. The van der Waals surface area contributed by atoms with E-state index in [0.29, 0.717) is 29.2 Å². The SMILES string of the molecule is CCCCc1nc(C(=O)Nc2ccc(NC(=S)Nc3ccc(C(F)(F)F)c(C(F)(F)F)c3)cc2)cs1. The summed E-state index contributed by atoms with van der Waals surface area (Å²) in [6.45, 7) is 2.07. The Morgan fingerprint density at radius 3 is 2.03 bits per heavy atom. The van der Waals surface area contributed by atoms with Crippen LogP contribution in [0, 0.1) is 0 Å². The first-order chi connectivity index (χ1) is 16.9. The standard InChI is InChI=1S/C23H20F6N4OS2/c1-2-3-4-19-33-18(12-36-19)20(34)30-13-5-7-14(8-6-13)31-21(35)32-15-9-10-16(22(24,25)26)17(11-15)23(27,28)29/h5-12H,2-4H2,1H3,(H,30,34)(H2,31,32,35). The van der Waals surface area contributed by atoms with Crippen LogP contribution >= 0.6 is 23.6 Å². The number of amides is 1. The molecule has 192 valence electrons. The normalized spacial score (nSPS) is 11.8. The van der Waals surface area contributed by atoms with E-state index in [1.807, 2.05) is 0 Å². The number of thiocarbonyl (C=S) groups is 1. The lowest BCUT2D eigenvalue weighted by molar-refractivity contribution is -0.162. The molecular weight excluding hydrogens is 526 g/mol. The minimum absolute atomic E-state index is 0.137. The van der Waals surface area contributed by atoms with E-state index in [2.05, 4.69) is 27.9 Å². The summed E-state index contributed by atoms with van der Waals surface area (Å²) in [7, 11) is 0. The number of anilines is 3. The van der Waals surface area contributed by atoms with E-state index in [-0.39, 0.29) is 16.7 Å². The van der Waals surface area contributed by atoms with Crippen LogP contribution in [0.25, 0.3) is 0 Å². The van der Waals surface area contributed by atoms with Crippen molar-refractivity contribution in [3.63, 3.8) is 0 Å². The van der Waals surface area contributed by atoms with Crippen LogP contribution in [0.3, 0.4) is 0 Å². The minimum atomic E-state index is -5.20. The summed E-state index contributed by atoms with van der Waals surface area (Å²) in [6, 6.07) is 7.83. The summed E-state index contributed by atoms with van der Waals surface area (Å²) in [4.78, 5) is 16.7. The van der Waals surface area contributed by atoms with Crippen LogP contribution in [-0.4, -0.2) is 16.0 Å². The zero-order chi connectivity index (χ0) is 26.5. The fraction of sp³-hybridized carbons (Fsp3) is 0.261. The minimum Gasteiger partial charge on any atom is -0.332 e. The lowest BCUT2D eigenvalue weighted by atomic mass is 10.1. The molecular formula is C23H20F6N4OS2. The van der Waals surface area contributed by atoms with Gasteiger partial charge in [-0.3, -0.25) is 4.79 Å². The number of thiazole rings is 1. The Labute approximate surface area is 211 Å². The molecule has 0 unspecified atom stereocenters. The molecule has 5 nitrogen and oxygen atoms in total. The smallest absolute Gasteiger partial charge is 0.332 e. The van der Waals surface area contributed by atoms with E-state index in [1.165, 1.54) is 11.3 Å². The molecule has 3 aromatic rings. The molecule has 0 spiro atoms. The summed E-state index contributed by atoms with van der Waals surface area (Å²) in [5, 5.41) is 10.3. The quantitative estimate of drug-likeness (QED) is 0.211. The number of rotatable bonds is 7. The fourth-order valence-corrected chi connectivity index (χ4v) is 4.14. The highest BCUT2D eigenvalue weighted by Gasteiger charge is 2.43. The van der Waals surface area contributed by atoms with Crippen LogP contribution in [0.5, 0.6) is 0 Å². The Morgan fingerprint density at radius 2 is 1.44 bits per heavy atom. The Bertz CT molecular complexity index is 1220. The third-order valence-electron chi connectivity index (χ3n) is 4.82. The molecule has 0 radical (unpaired) electrons. The number of carbonyl (C=O) groups excluding carboxylic acids is 1. The average molecular weight is 547 g/mol. The van der Waals surface area contributed by atoms with Crippen LogP contribution in [0.2, 0.25) is 0 Å². The van der Waals surface area contributed by atoms with Gasteiger partial charge in [-0.2, -0.15) is 26.3 Å². The van der Waals surface area contributed by atoms with Crippen LogP contribution < -0.4 is 16.0 Å². The number of hydrogen-bond donors (Lipinski definition) is 3. The molecule has 0 saturated carbocycles. The highest BCUT2D eigenvalue weighted by Crippen LogP contribution is 2.41. The van der Waals surface area contributed by atoms with Crippen molar-refractivity contribution in [1.82, 2.24) is 4.98 Å². The molecule has 3 rings (SSSR count). The molecule has 3 N–H and O–H groups in total. The van der Waals surface area contributed by atoms with Gasteiger partial charge in [0.05, 0.1) is 16.1 Å². The van der Waals surface area contributed by atoms with Gasteiger partial charge >= 0.3 is 12.4 Å². The predicted molar refractivity (Wildman–Crippen MR) is 131 cm³/mol. The van der Waals surface area contributed by atoms with Gasteiger partial charge < -0.3 is 16.0 Å². The van der Waals surface area contributed by atoms with E-state index in [4.69, 9.17) is 12.2 Å². The van der Waals surface area contributed by atoms with Gasteiger partial charge in [-0.15, -0.1) is 11.3 Å². The Hall–Kier alpha value is -3.19. The van der Waals surface area contributed by atoms with Gasteiger partial charge in [-0.25, -0.2) is 4.98 Å². The number of alkyl halides is 6. The van der Waals surface area contributed by atoms with Crippen molar-refractivity contribution in [3.8, 4) is 0 Å². The van der Waals surface area contributed by atoms with Crippen LogP contribution in [0.15, 0.2) is 47.8 Å². The molecule has 0 saturated heterocycles. The lowest BCUT2D eigenvalue weighted by Gasteiger charge is -2.17. The predicted octanol–water partition coefficient (Wildman–Crippen LogP) is 7.58. The second-order valence-electron chi connectivity index (χ2n) is 7.60. The van der Waals surface area contributed by atoms with Crippen molar-refractivity contribution >= 4 is 51.6 Å². The molecule has 0 aliphatic rings. The first-order valence-corrected chi connectivity index (χ1v) is 11.9. The number of nitrogens with one attached hydrogen (secondary N) is 3. The monoisotopic (exact) mass is 546 g/mol. The Kier molecular flexibility index (Phi) is 8.56. The second kappa shape index (κ2) is 11.2. The van der Waals surface area contributed by atoms with Crippen LogP contribution in [-0.2, 0) is 18.8 Å². The summed E-state index contributed by atoms with van der Waals surface area (Å²) in [5.41, 5.74) is -2.65. The van der Waals surface area contributed by atoms with Gasteiger partial charge in [0.25, 0.3) is 5.91 Å². The second-order valence-corrected chi connectivity index (χ2v) is 8.95. The van der Waals surface area contributed by atoms with Crippen molar-refractivity contribution in [2.45, 2.75) is 38.5 Å². The van der Waals surface area contributed by atoms with Gasteiger partial charge in [0, 0.05) is 22.4 Å². The molecule has 1 aromatic heterocycles. The van der Waals surface area contributed by atoms with Crippen molar-refractivity contribution in [2.24, 2.45) is 0 Å². The molecule has 2 aromatic carbocycles. The maximum atomic E-state index is 13.1. The molecule has 0 aliphatic heterocycles. The number of hydrogen-bond acceptors (Lipinski definition) is 4. The topological polar surface area (TPSA) is 66.0 Å². The summed E-state index contributed by atoms with van der Waals surface area (Å²) < 4.78 is 78.1. The van der Waals surface area contributed by atoms with E-state index in [9.17, 15) is 31.1 Å². The largest absolute Gasteiger partial charge is 0.417 e. The molecule has 0 fully saturated rings. The Morgan fingerprint density at radius 1 is 0.889 bits per heavy atom. The maximum absolute atomic E-state index is 13.1. The van der Waals surface area contributed by atoms with Gasteiger partial charge in [-0.1, -0.05) is 13.3 Å². The van der Waals surface area contributed by atoms with E-state index in [1.54, 1.807) is 29.6 Å². The summed E-state index contributed by atoms with van der Waals surface area (Å²) >= 11 is 6.48. The van der Waals surface area contributed by atoms with Crippen molar-refractivity contribution in [1.29, 1.82) is 0 Å². The van der Waals surface area contributed by atoms with E-state index < -0.39 is 23.5 Å². The highest BCUT2D eigenvalue weighted by molar-refractivity contribution is 7.80. The molecule has 13 heteroatoms. The van der Waals surface area contributed by atoms with Crippen LogP contribution in [0.1, 0.15) is 46.4 Å². The molecule has 0 bridgehead atoms. The van der Waals surface area contributed by atoms with Gasteiger partial charge in [-0.05, 0) is 67.5 Å². The van der Waals surface area contributed by atoms with Gasteiger partial charge in [0.1, 0.15) is 5.69 Å². The number of nitrogens with zero attached hydrogens (tertiary/aromatic N) is 1. The number of carbonyl (C=O) groups is 1. The van der Waals surface area contributed by atoms with Gasteiger partial charge in [0.2, 0.25) is 0 Å². The average Bonchev–Trinajstić information content (AvgIpc) is 3.27. The molecule has 0 aliphatic carbocycles. The van der Waals surface area contributed by atoms with Crippen molar-refractivity contribution in [2.75, 3.05) is 16.0 Å². The zero-order valence-electron chi connectivity index (χ0n) is 18.7. The van der Waals surface area contributed by atoms with Crippen molar-refractivity contribution in [3.05, 3.63) is 69.7 Å². The number of benzene rings is 2. The molecule has 0 atom stereocenters. The lowest BCUT2D eigenvalue weighted by Crippen LogP contribution is -2.21. The van der Waals surface area contributed by atoms with Gasteiger partial charge in [0.15, 0.2) is 5.11 Å². The summed E-state index contributed by atoms with van der Waals surface area (Å²) in [6.07, 6.45) is -7.53. The maximum Gasteiger partial charge on any atom is 0.417 e. The fourth-order valence-electron chi connectivity index (χ4n) is 3.09. The Balaban J connectivity index is 1.61. The third kappa shape index (κ3) is 7.40. The highest BCUT2D eigenvalue weighted by atomic mass is 32.1. The number of aryl methyl sites for hydroxylation is 1. The first-order valence-electron chi connectivity index (χ1n) is 10.6. The number of aromatic nitrogens is 1. The van der Waals surface area contributed by atoms with E-state index >= 15 is 0 Å². The van der Waals surface area contributed by atoms with Crippen molar-refractivity contribution < 1.29 is 31.1 Å². The van der Waals surface area contributed by atoms with E-state index in [0.717, 1.165) is 30.3 Å².